The van der Waals surface area contributed by atoms with Crippen LogP contribution in [0.1, 0.15) is 26.3 Å². The summed E-state index contributed by atoms with van der Waals surface area (Å²) < 4.78 is 0.921. The van der Waals surface area contributed by atoms with Gasteiger partial charge in [-0.2, -0.15) is 0 Å². The number of hydrogen-bond donors (Lipinski definition) is 2. The monoisotopic (exact) mass is 456 g/mol. The number of carbonyl (C=O) groups is 2. The molecule has 0 spiro atoms. The summed E-state index contributed by atoms with van der Waals surface area (Å²) in [5, 5.41) is 5.73. The molecular weight excluding hydrogens is 439 g/mol. The lowest BCUT2D eigenvalue weighted by atomic mass is 10.1. The molecule has 26 heavy (non-hydrogen) atoms. The predicted molar refractivity (Wildman–Crippen MR) is 111 cm³/mol. The van der Waals surface area contributed by atoms with Crippen LogP contribution in [0.3, 0.4) is 0 Å². The summed E-state index contributed by atoms with van der Waals surface area (Å²) in [7, 11) is 0. The van der Waals surface area contributed by atoms with Crippen molar-refractivity contribution in [2.45, 2.75) is 6.54 Å². The molecule has 0 aliphatic rings. The maximum absolute atomic E-state index is 12.6. The first-order valence-corrected chi connectivity index (χ1v) is 9.19. The van der Waals surface area contributed by atoms with E-state index in [4.69, 9.17) is 0 Å². The van der Waals surface area contributed by atoms with Crippen molar-refractivity contribution in [3.63, 3.8) is 0 Å². The Balaban J connectivity index is 1.77. The lowest BCUT2D eigenvalue weighted by Gasteiger charge is -2.12. The van der Waals surface area contributed by atoms with E-state index >= 15 is 0 Å². The Hall–Kier alpha value is -2.67. The zero-order chi connectivity index (χ0) is 18.4. The van der Waals surface area contributed by atoms with Gasteiger partial charge in [-0.05, 0) is 58.5 Å². The summed E-state index contributed by atoms with van der Waals surface area (Å²) in [5.74, 6) is -0.473. The highest BCUT2D eigenvalue weighted by atomic mass is 127. The second-order valence-electron chi connectivity index (χ2n) is 5.68. The Morgan fingerprint density at radius 2 is 1.46 bits per heavy atom. The highest BCUT2D eigenvalue weighted by molar-refractivity contribution is 14.1. The molecule has 0 aliphatic heterocycles. The third-order valence-corrected chi connectivity index (χ3v) is 4.48. The van der Waals surface area contributed by atoms with Crippen LogP contribution in [0.2, 0.25) is 0 Å². The zero-order valence-corrected chi connectivity index (χ0v) is 16.1. The van der Waals surface area contributed by atoms with Crippen LogP contribution in [0.5, 0.6) is 0 Å². The van der Waals surface area contributed by atoms with Crippen LogP contribution in [0, 0.1) is 3.57 Å². The number of hydrogen-bond acceptors (Lipinski definition) is 2. The van der Waals surface area contributed by atoms with Gasteiger partial charge in [0.1, 0.15) is 0 Å². The molecule has 0 saturated carbocycles. The predicted octanol–water partition coefficient (Wildman–Crippen LogP) is 4.47. The van der Waals surface area contributed by atoms with Gasteiger partial charge in [-0.25, -0.2) is 0 Å². The molecule has 0 unspecified atom stereocenters. The van der Waals surface area contributed by atoms with Crippen LogP contribution < -0.4 is 10.6 Å². The molecule has 5 heteroatoms. The first kappa shape index (κ1) is 18.1. The quantitative estimate of drug-likeness (QED) is 0.557. The molecule has 3 rings (SSSR count). The van der Waals surface area contributed by atoms with Crippen LogP contribution in [0.15, 0.2) is 78.9 Å². The smallest absolute Gasteiger partial charge is 0.255 e. The molecule has 0 fully saturated rings. The van der Waals surface area contributed by atoms with Crippen LogP contribution in [-0.4, -0.2) is 11.8 Å². The van der Waals surface area contributed by atoms with Crippen LogP contribution in [-0.2, 0) is 6.54 Å². The third-order valence-electron chi connectivity index (χ3n) is 3.81. The van der Waals surface area contributed by atoms with E-state index in [0.717, 1.165) is 9.13 Å². The minimum Gasteiger partial charge on any atom is -0.348 e. The second kappa shape index (κ2) is 8.62. The van der Waals surface area contributed by atoms with Gasteiger partial charge < -0.3 is 10.6 Å². The summed E-state index contributed by atoms with van der Waals surface area (Å²) in [4.78, 5) is 25.1. The van der Waals surface area contributed by atoms with Crippen molar-refractivity contribution in [2.75, 3.05) is 5.32 Å². The van der Waals surface area contributed by atoms with Gasteiger partial charge in [0.2, 0.25) is 0 Å². The van der Waals surface area contributed by atoms with Crippen molar-refractivity contribution in [1.29, 1.82) is 0 Å². The van der Waals surface area contributed by atoms with E-state index in [9.17, 15) is 9.59 Å². The Morgan fingerprint density at radius 1 is 0.808 bits per heavy atom. The SMILES string of the molecule is O=C(Nc1ccc(I)cc1C(=O)NCc1ccccc1)c1ccccc1. The fourth-order valence-corrected chi connectivity index (χ4v) is 2.96. The van der Waals surface area contributed by atoms with Crippen LogP contribution in [0.4, 0.5) is 5.69 Å². The van der Waals surface area contributed by atoms with E-state index < -0.39 is 0 Å². The summed E-state index contributed by atoms with van der Waals surface area (Å²) in [5.41, 5.74) is 2.49. The van der Waals surface area contributed by atoms with Gasteiger partial charge in [-0.15, -0.1) is 0 Å². The van der Waals surface area contributed by atoms with Gasteiger partial charge in [-0.1, -0.05) is 48.5 Å². The fourth-order valence-electron chi connectivity index (χ4n) is 2.47. The Kier molecular flexibility index (Phi) is 6.01. The Labute approximate surface area is 165 Å². The molecular formula is C21H17IN2O2. The summed E-state index contributed by atoms with van der Waals surface area (Å²) in [6, 6.07) is 24.0. The van der Waals surface area contributed by atoms with Crippen molar-refractivity contribution < 1.29 is 9.59 Å². The fraction of sp³-hybridized carbons (Fsp3) is 0.0476. The molecule has 0 heterocycles. The first-order chi connectivity index (χ1) is 12.6. The van der Waals surface area contributed by atoms with Gasteiger partial charge in [0.25, 0.3) is 11.8 Å². The lowest BCUT2D eigenvalue weighted by Crippen LogP contribution is -2.25. The summed E-state index contributed by atoms with van der Waals surface area (Å²) >= 11 is 2.15. The van der Waals surface area contributed by atoms with Crippen LogP contribution >= 0.6 is 22.6 Å². The minimum atomic E-state index is -0.246. The lowest BCUT2D eigenvalue weighted by molar-refractivity contribution is 0.0951. The van der Waals surface area contributed by atoms with E-state index in [1.54, 1.807) is 36.4 Å². The van der Waals surface area contributed by atoms with Crippen molar-refractivity contribution in [1.82, 2.24) is 5.32 Å². The molecule has 0 aromatic heterocycles. The maximum atomic E-state index is 12.6. The summed E-state index contributed by atoms with van der Waals surface area (Å²) in [6.45, 7) is 0.428. The van der Waals surface area contributed by atoms with Crippen molar-refractivity contribution in [2.24, 2.45) is 0 Å². The van der Waals surface area contributed by atoms with E-state index in [0.29, 0.717) is 23.4 Å². The highest BCUT2D eigenvalue weighted by Crippen LogP contribution is 2.20. The van der Waals surface area contributed by atoms with Gasteiger partial charge in [-0.3, -0.25) is 9.59 Å². The largest absolute Gasteiger partial charge is 0.348 e. The van der Waals surface area contributed by atoms with Gasteiger partial charge in [0.15, 0.2) is 0 Å². The standard InChI is InChI=1S/C21H17IN2O2/c22-17-11-12-19(24-20(25)16-9-5-2-6-10-16)18(13-17)21(26)23-14-15-7-3-1-4-8-15/h1-13H,14H2,(H,23,26)(H,24,25). The number of amides is 2. The Morgan fingerprint density at radius 3 is 2.15 bits per heavy atom. The molecule has 0 radical (unpaired) electrons. The van der Waals surface area contributed by atoms with Crippen molar-refractivity contribution in [3.8, 4) is 0 Å². The molecule has 0 saturated heterocycles. The molecule has 0 bridgehead atoms. The van der Waals surface area contributed by atoms with Gasteiger partial charge in [0, 0.05) is 15.7 Å². The number of halogens is 1. The molecule has 3 aromatic rings. The van der Waals surface area contributed by atoms with E-state index in [1.165, 1.54) is 0 Å². The molecule has 0 atom stereocenters. The van der Waals surface area contributed by atoms with Gasteiger partial charge in [0.05, 0.1) is 11.3 Å². The molecule has 3 aromatic carbocycles. The average Bonchev–Trinajstić information content (AvgIpc) is 2.69. The number of anilines is 1. The van der Waals surface area contributed by atoms with Crippen molar-refractivity contribution in [3.05, 3.63) is 99.1 Å². The van der Waals surface area contributed by atoms with E-state index in [1.807, 2.05) is 42.5 Å². The summed E-state index contributed by atoms with van der Waals surface area (Å²) in [6.07, 6.45) is 0. The first-order valence-electron chi connectivity index (χ1n) is 8.11. The molecule has 2 N–H and O–H groups in total. The Bertz CT molecular complexity index is 912. The topological polar surface area (TPSA) is 58.2 Å². The second-order valence-corrected chi connectivity index (χ2v) is 6.92. The van der Waals surface area contributed by atoms with E-state index in [-0.39, 0.29) is 11.8 Å². The minimum absolute atomic E-state index is 0.226. The third kappa shape index (κ3) is 4.70. The van der Waals surface area contributed by atoms with Crippen LogP contribution in [0.25, 0.3) is 0 Å². The van der Waals surface area contributed by atoms with E-state index in [2.05, 4.69) is 33.2 Å². The number of carbonyl (C=O) groups excluding carboxylic acids is 2. The number of rotatable bonds is 5. The maximum Gasteiger partial charge on any atom is 0.255 e. The number of benzene rings is 3. The zero-order valence-electron chi connectivity index (χ0n) is 13.9. The molecule has 0 aliphatic carbocycles. The number of nitrogens with one attached hydrogen (secondary N) is 2. The molecule has 130 valence electrons. The normalized spacial score (nSPS) is 10.2. The average molecular weight is 456 g/mol. The van der Waals surface area contributed by atoms with Crippen molar-refractivity contribution >= 4 is 40.1 Å². The molecule has 2 amide bonds. The molecule has 4 nitrogen and oxygen atoms in total. The van der Waals surface area contributed by atoms with Gasteiger partial charge >= 0.3 is 0 Å². The highest BCUT2D eigenvalue weighted by Gasteiger charge is 2.15.